The minimum atomic E-state index is -0.841. The first kappa shape index (κ1) is 18.3. The number of imide groups is 1. The molecule has 2 aromatic rings. The third-order valence-corrected chi connectivity index (χ3v) is 5.79. The van der Waals surface area contributed by atoms with Gasteiger partial charge in [-0.1, -0.05) is 0 Å². The Morgan fingerprint density at radius 1 is 1.07 bits per heavy atom. The third kappa shape index (κ3) is 3.40. The highest BCUT2D eigenvalue weighted by molar-refractivity contribution is 7.17. The van der Waals surface area contributed by atoms with Crippen LogP contribution in [0.25, 0.3) is 0 Å². The summed E-state index contributed by atoms with van der Waals surface area (Å²) in [4.78, 5) is 37.8. The average Bonchev–Trinajstić information content (AvgIpc) is 3.28. The molecule has 0 spiro atoms. The van der Waals surface area contributed by atoms with Crippen LogP contribution in [-0.2, 0) is 17.6 Å². The molecule has 146 valence electrons. The molecule has 28 heavy (non-hydrogen) atoms. The van der Waals surface area contributed by atoms with E-state index in [2.05, 4.69) is 15.4 Å². The number of ether oxygens (including phenoxy) is 3. The van der Waals surface area contributed by atoms with Gasteiger partial charge in [0.1, 0.15) is 18.2 Å². The molecule has 0 saturated carbocycles. The summed E-state index contributed by atoms with van der Waals surface area (Å²) < 4.78 is 15.5. The van der Waals surface area contributed by atoms with Crippen LogP contribution in [0, 0.1) is 0 Å². The Morgan fingerprint density at radius 2 is 1.86 bits per heavy atom. The quantitative estimate of drug-likeness (QED) is 0.818. The van der Waals surface area contributed by atoms with Crippen molar-refractivity contribution < 1.29 is 28.6 Å². The van der Waals surface area contributed by atoms with Crippen molar-refractivity contribution in [1.29, 1.82) is 0 Å². The summed E-state index contributed by atoms with van der Waals surface area (Å²) in [6.45, 7) is 0.894. The van der Waals surface area contributed by atoms with Gasteiger partial charge >= 0.3 is 6.09 Å². The molecule has 3 amide bonds. The van der Waals surface area contributed by atoms with Gasteiger partial charge in [-0.2, -0.15) is 0 Å². The summed E-state index contributed by atoms with van der Waals surface area (Å²) in [5, 5.41) is 5.40. The number of hydrogen-bond donors (Lipinski definition) is 2. The van der Waals surface area contributed by atoms with Crippen LogP contribution in [0.15, 0.2) is 18.2 Å². The molecule has 0 bridgehead atoms. The van der Waals surface area contributed by atoms with Crippen molar-refractivity contribution in [1.82, 2.24) is 5.32 Å². The van der Waals surface area contributed by atoms with Gasteiger partial charge in [0.05, 0.1) is 12.7 Å². The van der Waals surface area contributed by atoms with Crippen molar-refractivity contribution >= 4 is 34.2 Å². The fourth-order valence-corrected chi connectivity index (χ4v) is 4.58. The van der Waals surface area contributed by atoms with Gasteiger partial charge in [0.15, 0.2) is 11.5 Å². The van der Waals surface area contributed by atoms with E-state index in [0.29, 0.717) is 40.8 Å². The maximum absolute atomic E-state index is 12.8. The van der Waals surface area contributed by atoms with Gasteiger partial charge < -0.3 is 19.5 Å². The Balaban J connectivity index is 1.60. The number of thiophene rings is 1. The highest BCUT2D eigenvalue weighted by atomic mass is 32.1. The molecular weight excluding hydrogens is 384 g/mol. The first-order chi connectivity index (χ1) is 13.6. The molecule has 0 atom stereocenters. The number of alkyl carbamates (subject to hydrolysis) is 1. The summed E-state index contributed by atoms with van der Waals surface area (Å²) in [6, 6.07) is 4.93. The second-order valence-electron chi connectivity index (χ2n) is 6.32. The second kappa shape index (κ2) is 7.51. The lowest BCUT2D eigenvalue weighted by Crippen LogP contribution is -2.31. The number of anilines is 1. The van der Waals surface area contributed by atoms with Gasteiger partial charge in [0, 0.05) is 10.4 Å². The molecule has 2 heterocycles. The number of aryl methyl sites for hydroxylation is 1. The van der Waals surface area contributed by atoms with Crippen LogP contribution >= 0.6 is 11.3 Å². The molecule has 2 N–H and O–H groups in total. The van der Waals surface area contributed by atoms with E-state index in [-0.39, 0.29) is 5.91 Å². The van der Waals surface area contributed by atoms with Gasteiger partial charge in [-0.05, 0) is 43.0 Å². The molecule has 8 nitrogen and oxygen atoms in total. The Morgan fingerprint density at radius 3 is 2.64 bits per heavy atom. The van der Waals surface area contributed by atoms with Crippen LogP contribution in [0.5, 0.6) is 11.5 Å². The van der Waals surface area contributed by atoms with Crippen LogP contribution in [0.1, 0.15) is 37.6 Å². The highest BCUT2D eigenvalue weighted by Gasteiger charge is 2.29. The van der Waals surface area contributed by atoms with E-state index in [1.165, 1.54) is 18.4 Å². The smallest absolute Gasteiger partial charge is 0.413 e. The van der Waals surface area contributed by atoms with E-state index in [1.54, 1.807) is 18.2 Å². The number of benzene rings is 1. The van der Waals surface area contributed by atoms with Crippen molar-refractivity contribution in [2.45, 2.75) is 19.3 Å². The standard InChI is InChI=1S/C19H18N2O6S/c1-25-19(24)21-17(23)15-11-3-2-4-14(11)28-18(15)20-16(22)10-5-6-12-13(9-10)27-8-7-26-12/h5-6,9H,2-4,7-8H2,1H3,(H,20,22)(H,21,23,24). The molecule has 1 aliphatic heterocycles. The Hall–Kier alpha value is -3.07. The maximum Gasteiger partial charge on any atom is 0.413 e. The van der Waals surface area contributed by atoms with Crippen molar-refractivity contribution in [2.24, 2.45) is 0 Å². The summed E-state index contributed by atoms with van der Waals surface area (Å²) in [7, 11) is 1.19. The molecule has 0 fully saturated rings. The summed E-state index contributed by atoms with van der Waals surface area (Å²) in [6.07, 6.45) is 1.68. The summed E-state index contributed by atoms with van der Waals surface area (Å²) in [5.74, 6) is 0.153. The molecule has 4 rings (SSSR count). The SMILES string of the molecule is COC(=O)NC(=O)c1c(NC(=O)c2ccc3c(c2)OCCO3)sc2c1CCC2. The Kier molecular flexibility index (Phi) is 4.91. The number of amides is 3. The lowest BCUT2D eigenvalue weighted by Gasteiger charge is -2.18. The third-order valence-electron chi connectivity index (χ3n) is 4.58. The van der Waals surface area contributed by atoms with Crippen LogP contribution < -0.4 is 20.1 Å². The van der Waals surface area contributed by atoms with Crippen molar-refractivity contribution in [3.8, 4) is 11.5 Å². The van der Waals surface area contributed by atoms with E-state index in [4.69, 9.17) is 9.47 Å². The zero-order chi connectivity index (χ0) is 19.7. The highest BCUT2D eigenvalue weighted by Crippen LogP contribution is 2.39. The minimum absolute atomic E-state index is 0.328. The topological polar surface area (TPSA) is 103 Å². The van der Waals surface area contributed by atoms with Crippen molar-refractivity contribution in [3.05, 3.63) is 39.8 Å². The van der Waals surface area contributed by atoms with Crippen LogP contribution in [0.3, 0.4) is 0 Å². The average molecular weight is 402 g/mol. The second-order valence-corrected chi connectivity index (χ2v) is 7.42. The number of hydrogen-bond acceptors (Lipinski definition) is 7. The van der Waals surface area contributed by atoms with Gasteiger partial charge in [-0.3, -0.25) is 14.9 Å². The largest absolute Gasteiger partial charge is 0.486 e. The van der Waals surface area contributed by atoms with Crippen LogP contribution in [-0.4, -0.2) is 38.2 Å². The summed E-state index contributed by atoms with van der Waals surface area (Å²) >= 11 is 1.36. The lowest BCUT2D eigenvalue weighted by atomic mass is 10.1. The first-order valence-corrected chi connectivity index (χ1v) is 9.63. The van der Waals surface area contributed by atoms with Crippen molar-refractivity contribution in [2.75, 3.05) is 25.6 Å². The van der Waals surface area contributed by atoms with E-state index in [0.717, 1.165) is 29.7 Å². The fraction of sp³-hybridized carbons (Fsp3) is 0.316. The predicted octanol–water partition coefficient (Wildman–Crippen LogP) is 2.76. The number of methoxy groups -OCH3 is 1. The van der Waals surface area contributed by atoms with Gasteiger partial charge in [-0.25, -0.2) is 4.79 Å². The molecule has 9 heteroatoms. The molecule has 1 aliphatic carbocycles. The molecule has 0 saturated heterocycles. The van der Waals surface area contributed by atoms with E-state index >= 15 is 0 Å². The van der Waals surface area contributed by atoms with E-state index < -0.39 is 12.0 Å². The number of rotatable bonds is 3. The maximum atomic E-state index is 12.8. The zero-order valence-electron chi connectivity index (χ0n) is 15.1. The molecular formula is C19H18N2O6S. The number of nitrogens with one attached hydrogen (secondary N) is 2. The van der Waals surface area contributed by atoms with Gasteiger partial charge in [0.25, 0.3) is 11.8 Å². The van der Waals surface area contributed by atoms with Gasteiger partial charge in [-0.15, -0.1) is 11.3 Å². The fourth-order valence-electron chi connectivity index (χ4n) is 3.30. The van der Waals surface area contributed by atoms with Gasteiger partial charge in [0.2, 0.25) is 0 Å². The molecule has 1 aromatic heterocycles. The lowest BCUT2D eigenvalue weighted by molar-refractivity contribution is 0.0937. The normalized spacial score (nSPS) is 14.2. The Bertz CT molecular complexity index is 968. The molecule has 1 aromatic carbocycles. The molecule has 0 unspecified atom stereocenters. The zero-order valence-corrected chi connectivity index (χ0v) is 15.9. The minimum Gasteiger partial charge on any atom is -0.486 e. The van der Waals surface area contributed by atoms with Crippen LogP contribution in [0.2, 0.25) is 0 Å². The molecule has 2 aliphatic rings. The van der Waals surface area contributed by atoms with E-state index in [9.17, 15) is 14.4 Å². The van der Waals surface area contributed by atoms with Crippen molar-refractivity contribution in [3.63, 3.8) is 0 Å². The Labute approximate surface area is 164 Å². The predicted molar refractivity (Wildman–Crippen MR) is 102 cm³/mol. The number of fused-ring (bicyclic) bond motifs is 2. The number of carbonyl (C=O) groups excluding carboxylic acids is 3. The first-order valence-electron chi connectivity index (χ1n) is 8.81. The van der Waals surface area contributed by atoms with E-state index in [1.807, 2.05) is 0 Å². The van der Waals surface area contributed by atoms with Crippen LogP contribution in [0.4, 0.5) is 9.80 Å². The summed E-state index contributed by atoms with van der Waals surface area (Å²) in [5.41, 5.74) is 1.59. The number of carbonyl (C=O) groups is 3. The monoisotopic (exact) mass is 402 g/mol. The molecule has 0 radical (unpaired) electrons.